The fourth-order valence-electron chi connectivity index (χ4n) is 2.82. The zero-order valence-corrected chi connectivity index (χ0v) is 14.9. The standard InChI is InChI=1S/C18H20BrN3O2/c19-14-3-1-4-15(11-14)24-17-16(5-2-8-21-17)18(23)22-9-6-13(12-20)7-10-22/h1-5,8,11,13H,6-7,9-10,12,20H2. The summed E-state index contributed by atoms with van der Waals surface area (Å²) in [4.78, 5) is 18.9. The normalized spacial score (nSPS) is 15.3. The molecule has 1 aliphatic heterocycles. The molecular formula is C18H20BrN3O2. The number of amides is 1. The first-order chi connectivity index (χ1) is 11.7. The van der Waals surface area contributed by atoms with Crippen LogP contribution in [-0.2, 0) is 0 Å². The molecule has 2 aromatic rings. The second-order valence-electron chi connectivity index (χ2n) is 5.89. The Bertz CT molecular complexity index is 715. The number of aromatic nitrogens is 1. The zero-order valence-electron chi connectivity index (χ0n) is 13.3. The average molecular weight is 390 g/mol. The molecule has 5 nitrogen and oxygen atoms in total. The van der Waals surface area contributed by atoms with Gasteiger partial charge in [0.1, 0.15) is 11.3 Å². The molecule has 3 rings (SSSR count). The van der Waals surface area contributed by atoms with E-state index in [2.05, 4.69) is 20.9 Å². The van der Waals surface area contributed by atoms with Crippen molar-refractivity contribution in [3.05, 3.63) is 52.6 Å². The van der Waals surface area contributed by atoms with Gasteiger partial charge in [-0.05, 0) is 55.6 Å². The molecule has 1 aromatic heterocycles. The van der Waals surface area contributed by atoms with Crippen molar-refractivity contribution in [2.45, 2.75) is 12.8 Å². The van der Waals surface area contributed by atoms with Crippen molar-refractivity contribution < 1.29 is 9.53 Å². The van der Waals surface area contributed by atoms with Crippen molar-refractivity contribution >= 4 is 21.8 Å². The lowest BCUT2D eigenvalue weighted by atomic mass is 9.97. The van der Waals surface area contributed by atoms with Crippen LogP contribution in [0.1, 0.15) is 23.2 Å². The van der Waals surface area contributed by atoms with Crippen molar-refractivity contribution in [2.75, 3.05) is 19.6 Å². The van der Waals surface area contributed by atoms with E-state index in [1.54, 1.807) is 18.3 Å². The van der Waals surface area contributed by atoms with Gasteiger partial charge < -0.3 is 15.4 Å². The number of nitrogens with two attached hydrogens (primary N) is 1. The molecule has 2 heterocycles. The monoisotopic (exact) mass is 389 g/mol. The number of carbonyl (C=O) groups is 1. The Labute approximate surface area is 149 Å². The molecule has 6 heteroatoms. The van der Waals surface area contributed by atoms with E-state index in [4.69, 9.17) is 10.5 Å². The number of benzene rings is 1. The number of piperidine rings is 1. The largest absolute Gasteiger partial charge is 0.438 e. The van der Waals surface area contributed by atoms with Gasteiger partial charge in [0.2, 0.25) is 5.88 Å². The molecule has 0 unspecified atom stereocenters. The van der Waals surface area contributed by atoms with Crippen molar-refractivity contribution in [1.29, 1.82) is 0 Å². The summed E-state index contributed by atoms with van der Waals surface area (Å²) in [6.45, 7) is 2.14. The molecule has 24 heavy (non-hydrogen) atoms. The fraction of sp³-hybridized carbons (Fsp3) is 0.333. The lowest BCUT2D eigenvalue weighted by molar-refractivity contribution is 0.0690. The van der Waals surface area contributed by atoms with E-state index in [1.807, 2.05) is 29.2 Å². The van der Waals surface area contributed by atoms with Gasteiger partial charge in [-0.3, -0.25) is 4.79 Å². The minimum Gasteiger partial charge on any atom is -0.438 e. The highest BCUT2D eigenvalue weighted by atomic mass is 79.9. The van der Waals surface area contributed by atoms with Crippen molar-refractivity contribution in [2.24, 2.45) is 11.7 Å². The summed E-state index contributed by atoms with van der Waals surface area (Å²) in [5, 5.41) is 0. The van der Waals surface area contributed by atoms with Gasteiger partial charge in [0.15, 0.2) is 0 Å². The van der Waals surface area contributed by atoms with E-state index in [0.717, 1.165) is 30.4 Å². The van der Waals surface area contributed by atoms with E-state index in [9.17, 15) is 4.79 Å². The third kappa shape index (κ3) is 3.94. The summed E-state index contributed by atoms with van der Waals surface area (Å²) in [5.74, 6) is 1.45. The van der Waals surface area contributed by atoms with Crippen LogP contribution in [0.25, 0.3) is 0 Å². The molecule has 0 saturated carbocycles. The van der Waals surface area contributed by atoms with Crippen molar-refractivity contribution in [1.82, 2.24) is 9.88 Å². The number of halogens is 1. The highest BCUT2D eigenvalue weighted by Crippen LogP contribution is 2.27. The zero-order chi connectivity index (χ0) is 16.9. The summed E-state index contributed by atoms with van der Waals surface area (Å²) in [7, 11) is 0. The van der Waals surface area contributed by atoms with Crippen LogP contribution in [-0.4, -0.2) is 35.4 Å². The van der Waals surface area contributed by atoms with Crippen LogP contribution in [0.5, 0.6) is 11.6 Å². The van der Waals surface area contributed by atoms with Gasteiger partial charge in [0.05, 0.1) is 0 Å². The van der Waals surface area contributed by atoms with Crippen LogP contribution < -0.4 is 10.5 Å². The van der Waals surface area contributed by atoms with Crippen LogP contribution >= 0.6 is 15.9 Å². The number of nitrogens with zero attached hydrogens (tertiary/aromatic N) is 2. The van der Waals surface area contributed by atoms with E-state index in [0.29, 0.717) is 29.7 Å². The molecule has 0 spiro atoms. The summed E-state index contributed by atoms with van der Waals surface area (Å²) in [6.07, 6.45) is 3.53. The van der Waals surface area contributed by atoms with Crippen LogP contribution in [0, 0.1) is 5.92 Å². The number of likely N-dealkylation sites (tertiary alicyclic amines) is 1. The Morgan fingerprint density at radius 2 is 2.08 bits per heavy atom. The minimum atomic E-state index is -0.0384. The lowest BCUT2D eigenvalue weighted by Gasteiger charge is -2.31. The number of hydrogen-bond acceptors (Lipinski definition) is 4. The number of rotatable bonds is 4. The molecule has 1 aliphatic rings. The summed E-state index contributed by atoms with van der Waals surface area (Å²) in [5.41, 5.74) is 6.21. The molecule has 0 radical (unpaired) electrons. The predicted octanol–water partition coefficient (Wildman–Crippen LogP) is 3.45. The Kier molecular flexibility index (Phi) is 5.48. The molecule has 0 atom stereocenters. The van der Waals surface area contributed by atoms with Crippen LogP contribution in [0.4, 0.5) is 0 Å². The first kappa shape index (κ1) is 16.9. The van der Waals surface area contributed by atoms with Gasteiger partial charge in [0.25, 0.3) is 5.91 Å². The van der Waals surface area contributed by atoms with Gasteiger partial charge >= 0.3 is 0 Å². The molecule has 2 N–H and O–H groups in total. The molecular weight excluding hydrogens is 370 g/mol. The summed E-state index contributed by atoms with van der Waals surface area (Å²) < 4.78 is 6.75. The van der Waals surface area contributed by atoms with Crippen LogP contribution in [0.15, 0.2) is 47.1 Å². The number of hydrogen-bond donors (Lipinski definition) is 1. The molecule has 1 fully saturated rings. The first-order valence-electron chi connectivity index (χ1n) is 8.05. The number of carbonyl (C=O) groups excluding carboxylic acids is 1. The number of ether oxygens (including phenoxy) is 1. The molecule has 1 saturated heterocycles. The third-order valence-electron chi connectivity index (χ3n) is 4.25. The van der Waals surface area contributed by atoms with Gasteiger partial charge in [-0.25, -0.2) is 4.98 Å². The van der Waals surface area contributed by atoms with Crippen molar-refractivity contribution in [3.63, 3.8) is 0 Å². The second kappa shape index (κ2) is 7.77. The predicted molar refractivity (Wildman–Crippen MR) is 96.1 cm³/mol. The summed E-state index contributed by atoms with van der Waals surface area (Å²) in [6, 6.07) is 11.0. The SMILES string of the molecule is NCC1CCN(C(=O)c2cccnc2Oc2cccc(Br)c2)CC1. The van der Waals surface area contributed by atoms with E-state index in [1.165, 1.54) is 0 Å². The van der Waals surface area contributed by atoms with Crippen molar-refractivity contribution in [3.8, 4) is 11.6 Å². The van der Waals surface area contributed by atoms with Gasteiger partial charge in [-0.2, -0.15) is 0 Å². The van der Waals surface area contributed by atoms with Crippen LogP contribution in [0.2, 0.25) is 0 Å². The lowest BCUT2D eigenvalue weighted by Crippen LogP contribution is -2.40. The van der Waals surface area contributed by atoms with Gasteiger partial charge in [-0.1, -0.05) is 22.0 Å². The Morgan fingerprint density at radius 1 is 1.29 bits per heavy atom. The van der Waals surface area contributed by atoms with Crippen LogP contribution in [0.3, 0.4) is 0 Å². The van der Waals surface area contributed by atoms with E-state index in [-0.39, 0.29) is 5.91 Å². The topological polar surface area (TPSA) is 68.5 Å². The highest BCUT2D eigenvalue weighted by molar-refractivity contribution is 9.10. The van der Waals surface area contributed by atoms with Gasteiger partial charge in [-0.15, -0.1) is 0 Å². The number of pyridine rings is 1. The quantitative estimate of drug-likeness (QED) is 0.869. The fourth-order valence-corrected chi connectivity index (χ4v) is 3.20. The maximum Gasteiger partial charge on any atom is 0.259 e. The third-order valence-corrected chi connectivity index (χ3v) is 4.74. The minimum absolute atomic E-state index is 0.0384. The van der Waals surface area contributed by atoms with E-state index >= 15 is 0 Å². The smallest absolute Gasteiger partial charge is 0.259 e. The van der Waals surface area contributed by atoms with E-state index < -0.39 is 0 Å². The average Bonchev–Trinajstić information content (AvgIpc) is 2.62. The molecule has 126 valence electrons. The Morgan fingerprint density at radius 3 is 2.79 bits per heavy atom. The maximum absolute atomic E-state index is 12.8. The first-order valence-corrected chi connectivity index (χ1v) is 8.84. The highest BCUT2D eigenvalue weighted by Gasteiger charge is 2.25. The summed E-state index contributed by atoms with van der Waals surface area (Å²) >= 11 is 3.41. The molecule has 1 aromatic carbocycles. The molecule has 0 bridgehead atoms. The molecule has 0 aliphatic carbocycles. The van der Waals surface area contributed by atoms with Gasteiger partial charge in [0, 0.05) is 23.8 Å². The second-order valence-corrected chi connectivity index (χ2v) is 6.80. The maximum atomic E-state index is 12.8. The Balaban J connectivity index is 1.77. The Hall–Kier alpha value is -1.92. The molecule has 1 amide bonds.